The minimum Gasteiger partial charge on any atom is -0.368 e. The zero-order valence-corrected chi connectivity index (χ0v) is 16.6. The Labute approximate surface area is 169 Å². The molecule has 2 atom stereocenters. The highest BCUT2D eigenvalue weighted by Gasteiger charge is 2.20. The minimum absolute atomic E-state index is 0.000820. The molecule has 4 rings (SSSR count). The van der Waals surface area contributed by atoms with Crippen molar-refractivity contribution >= 4 is 11.5 Å². The minimum atomic E-state index is -0.211. The molecule has 0 saturated carbocycles. The summed E-state index contributed by atoms with van der Waals surface area (Å²) in [4.78, 5) is 13.5. The van der Waals surface area contributed by atoms with Crippen LogP contribution in [0.4, 0.5) is 15.9 Å². The van der Waals surface area contributed by atoms with Gasteiger partial charge in [-0.05, 0) is 43.3 Å². The quantitative estimate of drug-likeness (QED) is 0.709. The first-order valence-corrected chi connectivity index (χ1v) is 9.82. The van der Waals surface area contributed by atoms with E-state index in [0.717, 1.165) is 43.2 Å². The molecule has 3 heterocycles. The molecule has 1 aromatic carbocycles. The van der Waals surface area contributed by atoms with Gasteiger partial charge in [0.05, 0.1) is 5.92 Å². The Morgan fingerprint density at radius 1 is 1.00 bits per heavy atom. The second-order valence-corrected chi connectivity index (χ2v) is 7.46. The number of hydrogen-bond acceptors (Lipinski definition) is 7. The van der Waals surface area contributed by atoms with Crippen molar-refractivity contribution in [1.29, 1.82) is 0 Å². The monoisotopic (exact) mass is 396 g/mol. The van der Waals surface area contributed by atoms with Crippen molar-refractivity contribution in [2.75, 3.05) is 36.0 Å². The van der Waals surface area contributed by atoms with Crippen molar-refractivity contribution in [1.82, 2.24) is 15.1 Å². The van der Waals surface area contributed by atoms with Gasteiger partial charge in [-0.15, -0.1) is 0 Å². The SMILES string of the molecule is CC(N)C(C)c1nc(-c2ccc(N3CCN(c4ccc(F)cc4)CC3)nc2)no1. The number of nitrogens with two attached hydrogens (primary N) is 1. The maximum absolute atomic E-state index is 13.1. The Balaban J connectivity index is 1.39. The van der Waals surface area contributed by atoms with Gasteiger partial charge >= 0.3 is 0 Å². The molecule has 3 aromatic rings. The maximum atomic E-state index is 13.1. The van der Waals surface area contributed by atoms with Crippen LogP contribution in [0.3, 0.4) is 0 Å². The predicted octanol–water partition coefficient (Wildman–Crippen LogP) is 3.05. The van der Waals surface area contributed by atoms with E-state index in [1.165, 1.54) is 12.1 Å². The van der Waals surface area contributed by atoms with Crippen molar-refractivity contribution in [2.24, 2.45) is 5.73 Å². The van der Waals surface area contributed by atoms with E-state index in [-0.39, 0.29) is 17.8 Å². The fourth-order valence-corrected chi connectivity index (χ4v) is 3.31. The van der Waals surface area contributed by atoms with Gasteiger partial charge in [0.25, 0.3) is 0 Å². The lowest BCUT2D eigenvalue weighted by atomic mass is 10.1. The maximum Gasteiger partial charge on any atom is 0.231 e. The average molecular weight is 396 g/mol. The third kappa shape index (κ3) is 4.22. The molecular weight excluding hydrogens is 371 g/mol. The number of benzene rings is 1. The van der Waals surface area contributed by atoms with Gasteiger partial charge in [-0.25, -0.2) is 9.37 Å². The van der Waals surface area contributed by atoms with Gasteiger partial charge < -0.3 is 20.1 Å². The van der Waals surface area contributed by atoms with Gasteiger partial charge in [0, 0.05) is 49.7 Å². The number of nitrogens with zero attached hydrogens (tertiary/aromatic N) is 5. The third-order valence-corrected chi connectivity index (χ3v) is 5.42. The van der Waals surface area contributed by atoms with Crippen LogP contribution in [0.1, 0.15) is 25.7 Å². The molecule has 1 aliphatic rings. The van der Waals surface area contributed by atoms with E-state index in [4.69, 9.17) is 10.3 Å². The Bertz CT molecular complexity index is 933. The van der Waals surface area contributed by atoms with Crippen LogP contribution in [0.5, 0.6) is 0 Å². The topological polar surface area (TPSA) is 84.3 Å². The van der Waals surface area contributed by atoms with Crippen LogP contribution < -0.4 is 15.5 Å². The van der Waals surface area contributed by atoms with Gasteiger partial charge in [0.1, 0.15) is 11.6 Å². The van der Waals surface area contributed by atoms with Crippen LogP contribution in [0, 0.1) is 5.82 Å². The molecule has 0 spiro atoms. The summed E-state index contributed by atoms with van der Waals surface area (Å²) in [7, 11) is 0. The Hall–Kier alpha value is -3.00. The first-order chi connectivity index (χ1) is 14.0. The molecule has 2 N–H and O–H groups in total. The first kappa shape index (κ1) is 19.3. The van der Waals surface area contributed by atoms with E-state index in [2.05, 4.69) is 24.9 Å². The lowest BCUT2D eigenvalue weighted by Gasteiger charge is -2.36. The Morgan fingerprint density at radius 2 is 1.69 bits per heavy atom. The highest BCUT2D eigenvalue weighted by Crippen LogP contribution is 2.24. The lowest BCUT2D eigenvalue weighted by Crippen LogP contribution is -2.46. The van der Waals surface area contributed by atoms with Gasteiger partial charge in [0.2, 0.25) is 11.7 Å². The number of hydrogen-bond donors (Lipinski definition) is 1. The number of aromatic nitrogens is 3. The summed E-state index contributed by atoms with van der Waals surface area (Å²) in [5.41, 5.74) is 7.76. The summed E-state index contributed by atoms with van der Waals surface area (Å²) in [6, 6.07) is 10.5. The average Bonchev–Trinajstić information content (AvgIpc) is 3.24. The zero-order valence-electron chi connectivity index (χ0n) is 16.6. The van der Waals surface area contributed by atoms with Crippen LogP contribution >= 0.6 is 0 Å². The molecule has 2 unspecified atom stereocenters. The second kappa shape index (κ2) is 8.16. The molecule has 152 valence electrons. The summed E-state index contributed by atoms with van der Waals surface area (Å²) >= 11 is 0. The highest BCUT2D eigenvalue weighted by molar-refractivity contribution is 5.56. The van der Waals surface area contributed by atoms with Gasteiger partial charge in [-0.3, -0.25) is 0 Å². The summed E-state index contributed by atoms with van der Waals surface area (Å²) in [6.45, 7) is 7.30. The van der Waals surface area contributed by atoms with E-state index >= 15 is 0 Å². The van der Waals surface area contributed by atoms with Crippen LogP contribution in [0.2, 0.25) is 0 Å². The van der Waals surface area contributed by atoms with Crippen molar-refractivity contribution < 1.29 is 8.91 Å². The normalized spacial score (nSPS) is 16.7. The highest BCUT2D eigenvalue weighted by atomic mass is 19.1. The predicted molar refractivity (Wildman–Crippen MR) is 110 cm³/mol. The van der Waals surface area contributed by atoms with Crippen molar-refractivity contribution in [2.45, 2.75) is 25.8 Å². The van der Waals surface area contributed by atoms with E-state index in [9.17, 15) is 4.39 Å². The summed E-state index contributed by atoms with van der Waals surface area (Å²) < 4.78 is 18.5. The van der Waals surface area contributed by atoms with Gasteiger partial charge in [0.15, 0.2) is 0 Å². The van der Waals surface area contributed by atoms with Crippen molar-refractivity contribution in [3.8, 4) is 11.4 Å². The fourth-order valence-electron chi connectivity index (χ4n) is 3.31. The first-order valence-electron chi connectivity index (χ1n) is 9.82. The molecule has 1 aliphatic heterocycles. The van der Waals surface area contributed by atoms with E-state index in [0.29, 0.717) is 11.7 Å². The summed E-state index contributed by atoms with van der Waals surface area (Å²) in [6.07, 6.45) is 1.77. The lowest BCUT2D eigenvalue weighted by molar-refractivity contribution is 0.346. The summed E-state index contributed by atoms with van der Waals surface area (Å²) in [5, 5.41) is 4.05. The van der Waals surface area contributed by atoms with E-state index in [1.54, 1.807) is 6.20 Å². The Kier molecular flexibility index (Phi) is 5.44. The van der Waals surface area contributed by atoms with Crippen LogP contribution in [-0.2, 0) is 0 Å². The molecule has 0 bridgehead atoms. The molecule has 7 nitrogen and oxygen atoms in total. The van der Waals surface area contributed by atoms with Crippen molar-refractivity contribution in [3.05, 3.63) is 54.3 Å². The molecule has 2 aromatic heterocycles. The van der Waals surface area contributed by atoms with Crippen LogP contribution in [0.15, 0.2) is 47.1 Å². The molecule has 1 fully saturated rings. The number of pyridine rings is 1. The number of halogens is 1. The number of anilines is 2. The third-order valence-electron chi connectivity index (χ3n) is 5.42. The molecule has 0 amide bonds. The van der Waals surface area contributed by atoms with Crippen LogP contribution in [0.25, 0.3) is 11.4 Å². The Morgan fingerprint density at radius 3 is 2.31 bits per heavy atom. The molecule has 0 aliphatic carbocycles. The number of rotatable bonds is 5. The van der Waals surface area contributed by atoms with E-state index in [1.807, 2.05) is 38.1 Å². The largest absolute Gasteiger partial charge is 0.368 e. The van der Waals surface area contributed by atoms with Gasteiger partial charge in [-0.2, -0.15) is 4.98 Å². The molecule has 0 radical (unpaired) electrons. The second-order valence-electron chi connectivity index (χ2n) is 7.46. The molecule has 29 heavy (non-hydrogen) atoms. The fraction of sp³-hybridized carbons (Fsp3) is 0.381. The molecular formula is C21H25FN6O. The standard InChI is InChI=1S/C21H25FN6O/c1-14(15(2)23)21-25-20(26-29-21)16-3-8-19(24-13-16)28-11-9-27(10-12-28)18-6-4-17(22)5-7-18/h3-8,13-15H,9-12,23H2,1-2H3. The van der Waals surface area contributed by atoms with E-state index < -0.39 is 0 Å². The molecule has 1 saturated heterocycles. The van der Waals surface area contributed by atoms with Gasteiger partial charge in [-0.1, -0.05) is 12.1 Å². The smallest absolute Gasteiger partial charge is 0.231 e. The molecule has 8 heteroatoms. The zero-order chi connectivity index (χ0) is 20.4. The van der Waals surface area contributed by atoms with Crippen LogP contribution in [-0.4, -0.2) is 47.3 Å². The number of piperazine rings is 1. The summed E-state index contributed by atoms with van der Waals surface area (Å²) in [5.74, 6) is 1.77. The van der Waals surface area contributed by atoms with Crippen molar-refractivity contribution in [3.63, 3.8) is 0 Å².